The highest BCUT2D eigenvalue weighted by atomic mass is 16.2. The van der Waals surface area contributed by atoms with Gasteiger partial charge in [0.1, 0.15) is 12.6 Å². The molecule has 6 nitrogen and oxygen atoms in total. The normalized spacial score (nSPS) is 18.9. The number of carbonyl (C=O) groups is 3. The number of piperazine rings is 1. The van der Waals surface area contributed by atoms with Gasteiger partial charge in [0.05, 0.1) is 0 Å². The average Bonchev–Trinajstić information content (AvgIpc) is 2.45. The van der Waals surface area contributed by atoms with Gasteiger partial charge >= 0.3 is 0 Å². The predicted octanol–water partition coefficient (Wildman–Crippen LogP) is 0.278. The number of nitrogens with zero attached hydrogens (tertiary/aromatic N) is 2. The fraction of sp³-hybridized carbons (Fsp3) is 0.429. The van der Waals surface area contributed by atoms with E-state index in [1.165, 1.54) is 4.90 Å². The molecule has 1 atom stereocenters. The van der Waals surface area contributed by atoms with Crippen LogP contribution in [0.3, 0.4) is 0 Å². The van der Waals surface area contributed by atoms with Gasteiger partial charge in [0.2, 0.25) is 17.7 Å². The van der Waals surface area contributed by atoms with E-state index in [2.05, 4.69) is 10.3 Å². The van der Waals surface area contributed by atoms with E-state index < -0.39 is 11.9 Å². The highest BCUT2D eigenvalue weighted by Gasteiger charge is 2.34. The van der Waals surface area contributed by atoms with Crippen molar-refractivity contribution < 1.29 is 14.4 Å². The minimum absolute atomic E-state index is 0.0422. The van der Waals surface area contributed by atoms with E-state index in [-0.39, 0.29) is 24.8 Å². The summed E-state index contributed by atoms with van der Waals surface area (Å²) in [6, 6.07) is 3.15. The molecule has 0 bridgehead atoms. The molecule has 106 valence electrons. The Morgan fingerprint density at radius 3 is 2.75 bits per heavy atom. The van der Waals surface area contributed by atoms with Gasteiger partial charge in [-0.1, -0.05) is 6.92 Å². The van der Waals surface area contributed by atoms with Gasteiger partial charge in [-0.25, -0.2) is 0 Å². The number of hydrogen-bond acceptors (Lipinski definition) is 4. The van der Waals surface area contributed by atoms with Crippen molar-refractivity contribution in [1.82, 2.24) is 15.2 Å². The molecule has 2 heterocycles. The first kappa shape index (κ1) is 14.2. The van der Waals surface area contributed by atoms with Crippen molar-refractivity contribution in [2.24, 2.45) is 0 Å². The van der Waals surface area contributed by atoms with Gasteiger partial charge in [0.15, 0.2) is 0 Å². The Morgan fingerprint density at radius 2 is 2.10 bits per heavy atom. The molecule has 0 spiro atoms. The summed E-state index contributed by atoms with van der Waals surface area (Å²) >= 11 is 0. The molecule has 1 aliphatic heterocycles. The van der Waals surface area contributed by atoms with Crippen LogP contribution in [0.2, 0.25) is 0 Å². The first-order valence-electron chi connectivity index (χ1n) is 6.64. The minimum atomic E-state index is -0.544. The zero-order valence-corrected chi connectivity index (χ0v) is 11.3. The van der Waals surface area contributed by atoms with Crippen molar-refractivity contribution in [1.29, 1.82) is 0 Å². The van der Waals surface area contributed by atoms with E-state index in [1.54, 1.807) is 12.4 Å². The Kier molecular flexibility index (Phi) is 4.45. The van der Waals surface area contributed by atoms with Crippen molar-refractivity contribution >= 4 is 17.7 Å². The third-order valence-corrected chi connectivity index (χ3v) is 3.34. The van der Waals surface area contributed by atoms with Crippen LogP contribution in [0.1, 0.15) is 25.3 Å². The highest BCUT2D eigenvalue weighted by molar-refractivity contribution is 6.04. The Bertz CT molecular complexity index is 516. The standard InChI is InChI=1S/C14H17N3O3/c1-2-11-14(20)16-12(18)9-17(11)13(19)4-3-10-5-7-15-8-6-10/h5-8,11H,2-4,9H2,1H3,(H,16,18,20). The van der Waals surface area contributed by atoms with E-state index in [0.717, 1.165) is 5.56 Å². The van der Waals surface area contributed by atoms with Crippen LogP contribution >= 0.6 is 0 Å². The number of pyridine rings is 1. The van der Waals surface area contributed by atoms with Crippen molar-refractivity contribution in [2.45, 2.75) is 32.2 Å². The van der Waals surface area contributed by atoms with E-state index in [4.69, 9.17) is 0 Å². The molecule has 0 aliphatic carbocycles. The molecule has 0 radical (unpaired) electrons. The van der Waals surface area contributed by atoms with Crippen molar-refractivity contribution in [3.63, 3.8) is 0 Å². The number of hydrogen-bond donors (Lipinski definition) is 1. The maximum Gasteiger partial charge on any atom is 0.249 e. The summed E-state index contributed by atoms with van der Waals surface area (Å²) in [7, 11) is 0. The lowest BCUT2D eigenvalue weighted by atomic mass is 10.1. The van der Waals surface area contributed by atoms with Crippen LogP contribution in [-0.2, 0) is 20.8 Å². The summed E-state index contributed by atoms with van der Waals surface area (Å²) in [5, 5.41) is 2.26. The zero-order chi connectivity index (χ0) is 14.5. The maximum absolute atomic E-state index is 12.2. The first-order chi connectivity index (χ1) is 9.61. The molecular formula is C14H17N3O3. The van der Waals surface area contributed by atoms with Crippen LogP contribution in [0.25, 0.3) is 0 Å². The highest BCUT2D eigenvalue weighted by Crippen LogP contribution is 2.12. The lowest BCUT2D eigenvalue weighted by molar-refractivity contribution is -0.150. The van der Waals surface area contributed by atoms with Crippen LogP contribution in [0, 0.1) is 0 Å². The molecular weight excluding hydrogens is 258 g/mol. The van der Waals surface area contributed by atoms with Crippen molar-refractivity contribution in [3.8, 4) is 0 Å². The molecule has 6 heteroatoms. The summed E-state index contributed by atoms with van der Waals surface area (Å²) < 4.78 is 0. The Hall–Kier alpha value is -2.24. The van der Waals surface area contributed by atoms with Crippen LogP contribution in [-0.4, -0.2) is 40.2 Å². The smallest absolute Gasteiger partial charge is 0.249 e. The van der Waals surface area contributed by atoms with Crippen LogP contribution in [0.5, 0.6) is 0 Å². The van der Waals surface area contributed by atoms with Crippen LogP contribution < -0.4 is 5.32 Å². The predicted molar refractivity (Wildman–Crippen MR) is 71.5 cm³/mol. The summed E-state index contributed by atoms with van der Waals surface area (Å²) in [6.07, 6.45) is 4.70. The monoisotopic (exact) mass is 275 g/mol. The number of rotatable bonds is 4. The molecule has 2 rings (SSSR count). The molecule has 1 fully saturated rings. The van der Waals surface area contributed by atoms with Gasteiger partial charge < -0.3 is 4.90 Å². The second-order valence-corrected chi connectivity index (χ2v) is 4.71. The molecule has 1 N–H and O–H groups in total. The zero-order valence-electron chi connectivity index (χ0n) is 11.3. The van der Waals surface area contributed by atoms with E-state index in [1.807, 2.05) is 19.1 Å². The van der Waals surface area contributed by atoms with Gasteiger partial charge in [-0.3, -0.25) is 24.7 Å². The fourth-order valence-electron chi connectivity index (χ4n) is 2.28. The Labute approximate surface area is 117 Å². The SMILES string of the molecule is CCC1C(=O)NC(=O)CN1C(=O)CCc1ccncc1. The number of aromatic nitrogens is 1. The van der Waals surface area contributed by atoms with Crippen molar-refractivity contribution in [2.75, 3.05) is 6.54 Å². The lowest BCUT2D eigenvalue weighted by Crippen LogP contribution is -2.59. The van der Waals surface area contributed by atoms with Gasteiger partial charge in [-0.05, 0) is 30.5 Å². The van der Waals surface area contributed by atoms with Gasteiger partial charge in [0.25, 0.3) is 0 Å². The second-order valence-electron chi connectivity index (χ2n) is 4.71. The third-order valence-electron chi connectivity index (χ3n) is 3.34. The number of aryl methyl sites for hydroxylation is 1. The number of nitrogens with one attached hydrogen (secondary N) is 1. The van der Waals surface area contributed by atoms with Crippen LogP contribution in [0.4, 0.5) is 0 Å². The third kappa shape index (κ3) is 3.20. The van der Waals surface area contributed by atoms with Gasteiger partial charge in [-0.15, -0.1) is 0 Å². The Balaban J connectivity index is 1.99. The van der Waals surface area contributed by atoms with E-state index >= 15 is 0 Å². The second kappa shape index (κ2) is 6.27. The molecule has 1 aromatic rings. The fourth-order valence-corrected chi connectivity index (χ4v) is 2.28. The minimum Gasteiger partial charge on any atom is -0.321 e. The largest absolute Gasteiger partial charge is 0.321 e. The molecule has 20 heavy (non-hydrogen) atoms. The average molecular weight is 275 g/mol. The number of amides is 3. The maximum atomic E-state index is 12.2. The molecule has 1 saturated heterocycles. The van der Waals surface area contributed by atoms with E-state index in [0.29, 0.717) is 12.8 Å². The van der Waals surface area contributed by atoms with Crippen LogP contribution in [0.15, 0.2) is 24.5 Å². The van der Waals surface area contributed by atoms with Gasteiger partial charge in [-0.2, -0.15) is 0 Å². The summed E-state index contributed by atoms with van der Waals surface area (Å²) in [6.45, 7) is 1.78. The first-order valence-corrected chi connectivity index (χ1v) is 6.64. The van der Waals surface area contributed by atoms with Gasteiger partial charge in [0, 0.05) is 18.8 Å². The molecule has 1 aliphatic rings. The molecule has 0 aromatic carbocycles. The van der Waals surface area contributed by atoms with Crippen molar-refractivity contribution in [3.05, 3.63) is 30.1 Å². The number of imide groups is 1. The molecule has 1 unspecified atom stereocenters. The molecule has 0 saturated carbocycles. The summed E-state index contributed by atoms with van der Waals surface area (Å²) in [5.74, 6) is -0.977. The summed E-state index contributed by atoms with van der Waals surface area (Å²) in [4.78, 5) is 40.6. The number of carbonyl (C=O) groups excluding carboxylic acids is 3. The molecule has 3 amide bonds. The Morgan fingerprint density at radius 1 is 1.40 bits per heavy atom. The molecule has 1 aromatic heterocycles. The quantitative estimate of drug-likeness (QED) is 0.800. The summed E-state index contributed by atoms with van der Waals surface area (Å²) in [5.41, 5.74) is 1.01. The van der Waals surface area contributed by atoms with E-state index in [9.17, 15) is 14.4 Å². The topological polar surface area (TPSA) is 79.4 Å². The lowest BCUT2D eigenvalue weighted by Gasteiger charge is -2.33.